The van der Waals surface area contributed by atoms with Crippen LogP contribution in [0.2, 0.25) is 0 Å². The normalized spacial score (nSPS) is 22.9. The average molecular weight is 366 g/mol. The molecule has 2 fully saturated rings. The van der Waals surface area contributed by atoms with Gasteiger partial charge in [-0.2, -0.15) is 4.31 Å². The molecule has 1 atom stereocenters. The summed E-state index contributed by atoms with van der Waals surface area (Å²) in [6.07, 6.45) is 1.98. The Labute approximate surface area is 147 Å². The minimum absolute atomic E-state index is 0.194. The Morgan fingerprint density at radius 1 is 1.00 bits per heavy atom. The van der Waals surface area contributed by atoms with Crippen LogP contribution in [0, 0.1) is 5.92 Å². The van der Waals surface area contributed by atoms with Crippen LogP contribution in [0.3, 0.4) is 0 Å². The summed E-state index contributed by atoms with van der Waals surface area (Å²) in [5.74, 6) is -1.46. The Morgan fingerprint density at radius 3 is 2.24 bits per heavy atom. The van der Waals surface area contributed by atoms with E-state index in [-0.39, 0.29) is 10.8 Å². The molecule has 2 heterocycles. The number of benzene rings is 1. The fourth-order valence-corrected chi connectivity index (χ4v) is 5.23. The molecule has 0 aromatic heterocycles. The molecule has 136 valence electrons. The van der Waals surface area contributed by atoms with Gasteiger partial charge in [-0.25, -0.2) is 8.42 Å². The number of nitrogens with zero attached hydrogens (tertiary/aromatic N) is 2. The SMILES string of the molecule is O=C(O)C1CCN(C(=O)C2CCCN2S(=O)(=O)c2ccccc2)CC1. The van der Waals surface area contributed by atoms with E-state index in [1.807, 2.05) is 0 Å². The molecule has 3 rings (SSSR count). The van der Waals surface area contributed by atoms with Gasteiger partial charge < -0.3 is 10.0 Å². The maximum Gasteiger partial charge on any atom is 0.306 e. The van der Waals surface area contributed by atoms with Gasteiger partial charge in [0.25, 0.3) is 0 Å². The van der Waals surface area contributed by atoms with Crippen molar-refractivity contribution in [2.45, 2.75) is 36.6 Å². The van der Waals surface area contributed by atoms with Crippen molar-refractivity contribution in [1.29, 1.82) is 0 Å². The van der Waals surface area contributed by atoms with E-state index in [9.17, 15) is 18.0 Å². The fraction of sp³-hybridized carbons (Fsp3) is 0.529. The van der Waals surface area contributed by atoms with Gasteiger partial charge in [-0.1, -0.05) is 18.2 Å². The number of carbonyl (C=O) groups excluding carboxylic acids is 1. The van der Waals surface area contributed by atoms with Gasteiger partial charge in [0.2, 0.25) is 15.9 Å². The lowest BCUT2D eigenvalue weighted by Crippen LogP contribution is -2.50. The zero-order valence-electron chi connectivity index (χ0n) is 13.9. The summed E-state index contributed by atoms with van der Waals surface area (Å²) in [5.41, 5.74) is 0. The number of sulfonamides is 1. The van der Waals surface area contributed by atoms with E-state index in [0.29, 0.717) is 45.3 Å². The standard InChI is InChI=1S/C17H22N2O5S/c20-16(18-11-8-13(9-12-18)17(21)22)15-7-4-10-19(15)25(23,24)14-5-2-1-3-6-14/h1-3,5-6,13,15H,4,7-12H2,(H,21,22). The van der Waals surface area contributed by atoms with Crippen LogP contribution >= 0.6 is 0 Å². The number of carbonyl (C=O) groups is 2. The molecule has 1 unspecified atom stereocenters. The Hall–Kier alpha value is -1.93. The summed E-state index contributed by atoms with van der Waals surface area (Å²) in [6.45, 7) is 1.07. The number of piperidine rings is 1. The first-order valence-electron chi connectivity index (χ1n) is 8.50. The molecule has 0 bridgehead atoms. The predicted octanol–water partition coefficient (Wildman–Crippen LogP) is 1.16. The molecule has 0 aliphatic carbocycles. The second kappa shape index (κ2) is 7.13. The van der Waals surface area contributed by atoms with Crippen LogP contribution in [0.1, 0.15) is 25.7 Å². The van der Waals surface area contributed by atoms with Gasteiger partial charge in [-0.05, 0) is 37.8 Å². The summed E-state index contributed by atoms with van der Waals surface area (Å²) in [7, 11) is -3.70. The van der Waals surface area contributed by atoms with E-state index in [1.54, 1.807) is 23.1 Å². The van der Waals surface area contributed by atoms with E-state index < -0.39 is 28.0 Å². The molecular formula is C17H22N2O5S. The number of carboxylic acid groups (broad SMARTS) is 1. The number of hydrogen-bond acceptors (Lipinski definition) is 4. The molecule has 2 aliphatic rings. The van der Waals surface area contributed by atoms with E-state index in [0.717, 1.165) is 0 Å². The number of amides is 1. The quantitative estimate of drug-likeness (QED) is 0.863. The molecule has 2 saturated heterocycles. The average Bonchev–Trinajstić information content (AvgIpc) is 3.12. The van der Waals surface area contributed by atoms with Crippen LogP contribution in [-0.2, 0) is 19.6 Å². The van der Waals surface area contributed by atoms with Crippen LogP contribution in [0.25, 0.3) is 0 Å². The fourth-order valence-electron chi connectivity index (χ4n) is 3.56. The highest BCUT2D eigenvalue weighted by Crippen LogP contribution is 2.28. The largest absolute Gasteiger partial charge is 0.481 e. The van der Waals surface area contributed by atoms with Crippen LogP contribution in [-0.4, -0.2) is 60.3 Å². The van der Waals surface area contributed by atoms with Crippen LogP contribution < -0.4 is 0 Å². The highest BCUT2D eigenvalue weighted by atomic mass is 32.2. The third-order valence-electron chi connectivity index (χ3n) is 4.99. The Bertz CT molecular complexity index is 742. The summed E-state index contributed by atoms with van der Waals surface area (Å²) < 4.78 is 27.0. The van der Waals surface area contributed by atoms with Gasteiger partial charge in [-0.15, -0.1) is 0 Å². The molecule has 1 aromatic rings. The number of carboxylic acids is 1. The van der Waals surface area contributed by atoms with Gasteiger partial charge in [-0.3, -0.25) is 9.59 Å². The summed E-state index contributed by atoms with van der Waals surface area (Å²) in [6, 6.07) is 7.46. The number of rotatable bonds is 4. The minimum atomic E-state index is -3.70. The van der Waals surface area contributed by atoms with Crippen molar-refractivity contribution in [2.24, 2.45) is 5.92 Å². The maximum absolute atomic E-state index is 12.9. The second-order valence-electron chi connectivity index (χ2n) is 6.52. The van der Waals surface area contributed by atoms with Gasteiger partial charge in [0.05, 0.1) is 10.8 Å². The highest BCUT2D eigenvalue weighted by Gasteiger charge is 2.42. The molecule has 1 N–H and O–H groups in total. The van der Waals surface area contributed by atoms with Crippen molar-refractivity contribution in [3.63, 3.8) is 0 Å². The zero-order chi connectivity index (χ0) is 18.0. The molecule has 7 nitrogen and oxygen atoms in total. The van der Waals surface area contributed by atoms with Crippen LogP contribution in [0.5, 0.6) is 0 Å². The molecule has 1 aromatic carbocycles. The third-order valence-corrected chi connectivity index (χ3v) is 6.92. The van der Waals surface area contributed by atoms with Crippen molar-refractivity contribution in [3.05, 3.63) is 30.3 Å². The Balaban J connectivity index is 1.74. The van der Waals surface area contributed by atoms with E-state index in [1.165, 1.54) is 16.4 Å². The number of hydrogen-bond donors (Lipinski definition) is 1. The van der Waals surface area contributed by atoms with Crippen molar-refractivity contribution in [3.8, 4) is 0 Å². The number of aliphatic carboxylic acids is 1. The topological polar surface area (TPSA) is 95.0 Å². The molecule has 2 aliphatic heterocycles. The first-order chi connectivity index (χ1) is 11.9. The molecule has 0 saturated carbocycles. The smallest absolute Gasteiger partial charge is 0.306 e. The first kappa shape index (κ1) is 17.9. The van der Waals surface area contributed by atoms with Crippen molar-refractivity contribution in [1.82, 2.24) is 9.21 Å². The van der Waals surface area contributed by atoms with Gasteiger partial charge in [0, 0.05) is 19.6 Å². The Kier molecular flexibility index (Phi) is 5.10. The molecule has 1 amide bonds. The van der Waals surface area contributed by atoms with Gasteiger partial charge in [0.1, 0.15) is 6.04 Å². The van der Waals surface area contributed by atoms with Crippen LogP contribution in [0.15, 0.2) is 35.2 Å². The van der Waals surface area contributed by atoms with E-state index >= 15 is 0 Å². The monoisotopic (exact) mass is 366 g/mol. The molecule has 25 heavy (non-hydrogen) atoms. The second-order valence-corrected chi connectivity index (χ2v) is 8.42. The summed E-state index contributed by atoms with van der Waals surface area (Å²) >= 11 is 0. The summed E-state index contributed by atoms with van der Waals surface area (Å²) in [5, 5.41) is 9.06. The molecular weight excluding hydrogens is 344 g/mol. The van der Waals surface area contributed by atoms with Gasteiger partial charge in [0.15, 0.2) is 0 Å². The Morgan fingerprint density at radius 2 is 1.64 bits per heavy atom. The van der Waals surface area contributed by atoms with Gasteiger partial charge >= 0.3 is 5.97 Å². The molecule has 0 radical (unpaired) electrons. The molecule has 8 heteroatoms. The van der Waals surface area contributed by atoms with E-state index in [4.69, 9.17) is 5.11 Å². The molecule has 0 spiro atoms. The minimum Gasteiger partial charge on any atom is -0.481 e. The number of likely N-dealkylation sites (tertiary alicyclic amines) is 1. The van der Waals surface area contributed by atoms with Crippen molar-refractivity contribution in [2.75, 3.05) is 19.6 Å². The van der Waals surface area contributed by atoms with E-state index in [2.05, 4.69) is 0 Å². The van der Waals surface area contributed by atoms with Crippen LogP contribution in [0.4, 0.5) is 0 Å². The lowest BCUT2D eigenvalue weighted by atomic mass is 9.96. The van der Waals surface area contributed by atoms with Crippen molar-refractivity contribution >= 4 is 21.9 Å². The zero-order valence-corrected chi connectivity index (χ0v) is 14.7. The lowest BCUT2D eigenvalue weighted by Gasteiger charge is -2.34. The third kappa shape index (κ3) is 3.55. The van der Waals surface area contributed by atoms with Crippen molar-refractivity contribution < 1.29 is 23.1 Å². The first-order valence-corrected chi connectivity index (χ1v) is 9.94. The highest BCUT2D eigenvalue weighted by molar-refractivity contribution is 7.89. The predicted molar refractivity (Wildman–Crippen MR) is 90.3 cm³/mol. The lowest BCUT2D eigenvalue weighted by molar-refractivity contribution is -0.146. The maximum atomic E-state index is 12.9. The summed E-state index contributed by atoms with van der Waals surface area (Å²) in [4.78, 5) is 25.7.